The van der Waals surface area contributed by atoms with Gasteiger partial charge in [0, 0.05) is 23.6 Å². The summed E-state index contributed by atoms with van der Waals surface area (Å²) in [6, 6.07) is 8.62. The molecule has 1 aromatic carbocycles. The second kappa shape index (κ2) is 4.73. The average molecular weight is 235 g/mol. The minimum Gasteiger partial charge on any atom is -0.361 e. The van der Waals surface area contributed by atoms with Crippen LogP contribution in [0, 0.1) is 0 Å². The molecule has 2 nitrogen and oxygen atoms in total. The number of rotatable bonds is 1. The molecule has 0 saturated heterocycles. The SMILES string of the molecule is C1=C(c2cccc3[nH]ccc23)CCNC1.Cl. The van der Waals surface area contributed by atoms with Gasteiger partial charge in [0.25, 0.3) is 0 Å². The summed E-state index contributed by atoms with van der Waals surface area (Å²) in [5.74, 6) is 0. The first kappa shape index (κ1) is 11.2. The van der Waals surface area contributed by atoms with Gasteiger partial charge >= 0.3 is 0 Å². The number of fused-ring (bicyclic) bond motifs is 1. The van der Waals surface area contributed by atoms with E-state index in [2.05, 4.69) is 40.6 Å². The molecule has 0 amide bonds. The van der Waals surface area contributed by atoms with Gasteiger partial charge in [-0.1, -0.05) is 18.2 Å². The molecule has 0 aliphatic carbocycles. The number of nitrogens with one attached hydrogen (secondary N) is 2. The molecule has 0 fully saturated rings. The molecule has 0 unspecified atom stereocenters. The highest BCUT2D eigenvalue weighted by Crippen LogP contribution is 2.27. The predicted molar refractivity (Wildman–Crippen MR) is 71.0 cm³/mol. The molecule has 3 heteroatoms. The maximum Gasteiger partial charge on any atom is 0.0460 e. The smallest absolute Gasteiger partial charge is 0.0460 e. The van der Waals surface area contributed by atoms with Crippen molar-refractivity contribution in [3.8, 4) is 0 Å². The third-order valence-corrected chi connectivity index (χ3v) is 3.00. The van der Waals surface area contributed by atoms with Crippen molar-refractivity contribution < 1.29 is 0 Å². The van der Waals surface area contributed by atoms with Crippen LogP contribution in [0.2, 0.25) is 0 Å². The van der Waals surface area contributed by atoms with E-state index in [1.165, 1.54) is 22.0 Å². The molecular weight excluding hydrogens is 220 g/mol. The van der Waals surface area contributed by atoms with Crippen molar-refractivity contribution in [3.05, 3.63) is 42.1 Å². The molecule has 84 valence electrons. The Labute approximate surface area is 101 Å². The number of halogens is 1. The van der Waals surface area contributed by atoms with E-state index in [1.807, 2.05) is 6.20 Å². The Morgan fingerprint density at radius 2 is 2.06 bits per heavy atom. The van der Waals surface area contributed by atoms with Gasteiger partial charge in [0.15, 0.2) is 0 Å². The van der Waals surface area contributed by atoms with Crippen LogP contribution in [0.3, 0.4) is 0 Å². The van der Waals surface area contributed by atoms with Crippen molar-refractivity contribution in [2.75, 3.05) is 13.1 Å². The van der Waals surface area contributed by atoms with Crippen LogP contribution in [0.4, 0.5) is 0 Å². The van der Waals surface area contributed by atoms with E-state index in [-0.39, 0.29) is 12.4 Å². The molecule has 0 bridgehead atoms. The van der Waals surface area contributed by atoms with E-state index in [0.29, 0.717) is 0 Å². The zero-order valence-corrected chi connectivity index (χ0v) is 9.81. The van der Waals surface area contributed by atoms with E-state index in [9.17, 15) is 0 Å². The van der Waals surface area contributed by atoms with Crippen LogP contribution in [-0.2, 0) is 0 Å². The highest BCUT2D eigenvalue weighted by molar-refractivity contribution is 5.92. The molecule has 2 N–H and O–H groups in total. The molecule has 16 heavy (non-hydrogen) atoms. The van der Waals surface area contributed by atoms with Crippen molar-refractivity contribution >= 4 is 28.9 Å². The maximum atomic E-state index is 3.34. The first-order valence-electron chi connectivity index (χ1n) is 5.41. The van der Waals surface area contributed by atoms with E-state index in [1.54, 1.807) is 0 Å². The highest BCUT2D eigenvalue weighted by atomic mass is 35.5. The minimum absolute atomic E-state index is 0. The second-order valence-corrected chi connectivity index (χ2v) is 3.93. The number of hydrogen-bond donors (Lipinski definition) is 2. The van der Waals surface area contributed by atoms with E-state index >= 15 is 0 Å². The van der Waals surface area contributed by atoms with Crippen molar-refractivity contribution in [1.29, 1.82) is 0 Å². The van der Waals surface area contributed by atoms with Crippen molar-refractivity contribution in [2.24, 2.45) is 0 Å². The van der Waals surface area contributed by atoms with Crippen molar-refractivity contribution in [1.82, 2.24) is 10.3 Å². The maximum absolute atomic E-state index is 3.34. The van der Waals surface area contributed by atoms with Gasteiger partial charge < -0.3 is 10.3 Å². The molecule has 0 atom stereocenters. The third-order valence-electron chi connectivity index (χ3n) is 3.00. The zero-order chi connectivity index (χ0) is 10.1. The van der Waals surface area contributed by atoms with Gasteiger partial charge in [-0.3, -0.25) is 0 Å². The van der Waals surface area contributed by atoms with Gasteiger partial charge in [0.1, 0.15) is 0 Å². The largest absolute Gasteiger partial charge is 0.361 e. The zero-order valence-electron chi connectivity index (χ0n) is 8.99. The molecule has 0 saturated carbocycles. The molecule has 2 aromatic rings. The van der Waals surface area contributed by atoms with Crippen molar-refractivity contribution in [3.63, 3.8) is 0 Å². The van der Waals surface area contributed by atoms with Crippen LogP contribution in [0.1, 0.15) is 12.0 Å². The molecule has 2 heterocycles. The van der Waals surface area contributed by atoms with Gasteiger partial charge in [0.2, 0.25) is 0 Å². The molecule has 1 aromatic heterocycles. The quantitative estimate of drug-likeness (QED) is 0.780. The number of H-pyrrole nitrogens is 1. The van der Waals surface area contributed by atoms with Crippen LogP contribution < -0.4 is 5.32 Å². The van der Waals surface area contributed by atoms with Gasteiger partial charge in [-0.25, -0.2) is 0 Å². The van der Waals surface area contributed by atoms with Crippen LogP contribution >= 0.6 is 12.4 Å². The fraction of sp³-hybridized carbons (Fsp3) is 0.231. The van der Waals surface area contributed by atoms with Crippen LogP contribution in [0.5, 0.6) is 0 Å². The highest BCUT2D eigenvalue weighted by Gasteiger charge is 2.08. The molecular formula is C13H15ClN2. The van der Waals surface area contributed by atoms with Gasteiger partial charge in [0.05, 0.1) is 0 Å². The van der Waals surface area contributed by atoms with Gasteiger partial charge in [-0.05, 0) is 36.2 Å². The first-order valence-corrected chi connectivity index (χ1v) is 5.41. The molecule has 3 rings (SSSR count). The van der Waals surface area contributed by atoms with E-state index < -0.39 is 0 Å². The fourth-order valence-electron chi connectivity index (χ4n) is 2.23. The summed E-state index contributed by atoms with van der Waals surface area (Å²) in [5, 5.41) is 4.68. The average Bonchev–Trinajstić information content (AvgIpc) is 2.78. The summed E-state index contributed by atoms with van der Waals surface area (Å²) in [6.07, 6.45) is 5.44. The number of benzene rings is 1. The summed E-state index contributed by atoms with van der Waals surface area (Å²) in [5.41, 5.74) is 4.08. The van der Waals surface area contributed by atoms with Crippen molar-refractivity contribution in [2.45, 2.75) is 6.42 Å². The Balaban J connectivity index is 0.000000963. The summed E-state index contributed by atoms with van der Waals surface area (Å²) in [4.78, 5) is 3.26. The van der Waals surface area contributed by atoms with Gasteiger partial charge in [-0.15, -0.1) is 12.4 Å². The summed E-state index contributed by atoms with van der Waals surface area (Å²) in [6.45, 7) is 2.09. The topological polar surface area (TPSA) is 27.8 Å². The van der Waals surface area contributed by atoms with Crippen LogP contribution in [-0.4, -0.2) is 18.1 Å². The number of hydrogen-bond acceptors (Lipinski definition) is 1. The monoisotopic (exact) mass is 234 g/mol. The molecule has 1 aliphatic rings. The Hall–Kier alpha value is -1.25. The number of aromatic amines is 1. The standard InChI is InChI=1S/C13H14N2.ClH/c1-2-11(10-4-7-14-8-5-10)12-6-9-15-13(12)3-1;/h1-4,6,9,14-15H,5,7-8H2;1H. The van der Waals surface area contributed by atoms with Crippen LogP contribution in [0.25, 0.3) is 16.5 Å². The summed E-state index contributed by atoms with van der Waals surface area (Å²) in [7, 11) is 0. The molecule has 1 aliphatic heterocycles. The van der Waals surface area contributed by atoms with E-state index in [4.69, 9.17) is 0 Å². The molecule has 0 spiro atoms. The normalized spacial score (nSPS) is 15.6. The first-order chi connectivity index (χ1) is 7.45. The molecule has 0 radical (unpaired) electrons. The van der Waals surface area contributed by atoms with E-state index in [0.717, 1.165) is 19.5 Å². The lowest BCUT2D eigenvalue weighted by Crippen LogP contribution is -2.20. The summed E-state index contributed by atoms with van der Waals surface area (Å²) < 4.78 is 0. The lowest BCUT2D eigenvalue weighted by molar-refractivity contribution is 0.739. The Morgan fingerprint density at radius 1 is 1.12 bits per heavy atom. The third kappa shape index (κ3) is 1.86. The predicted octanol–water partition coefficient (Wildman–Crippen LogP) is 2.97. The Kier molecular flexibility index (Phi) is 3.32. The lowest BCUT2D eigenvalue weighted by Gasteiger charge is -2.14. The fourth-order valence-corrected chi connectivity index (χ4v) is 2.23. The Bertz CT molecular complexity index is 513. The lowest BCUT2D eigenvalue weighted by atomic mass is 9.97. The second-order valence-electron chi connectivity index (χ2n) is 3.93. The Morgan fingerprint density at radius 3 is 2.88 bits per heavy atom. The number of aromatic nitrogens is 1. The van der Waals surface area contributed by atoms with Crippen LogP contribution in [0.15, 0.2) is 36.5 Å². The van der Waals surface area contributed by atoms with Gasteiger partial charge in [-0.2, -0.15) is 0 Å². The minimum atomic E-state index is 0. The summed E-state index contributed by atoms with van der Waals surface area (Å²) >= 11 is 0.